The Bertz CT molecular complexity index is 1100. The molecular formula is C18H12ClN3O3S. The van der Waals surface area contributed by atoms with Gasteiger partial charge >= 0.3 is 5.97 Å². The van der Waals surface area contributed by atoms with Crippen LogP contribution < -0.4 is 5.73 Å². The molecule has 1 aliphatic rings. The molecule has 0 saturated heterocycles. The number of hydrogen-bond donors (Lipinski definition) is 1. The van der Waals surface area contributed by atoms with Crippen molar-refractivity contribution in [3.05, 3.63) is 59.0 Å². The number of aromatic nitrogens is 2. The van der Waals surface area contributed by atoms with Crippen LogP contribution in [0.2, 0.25) is 5.28 Å². The van der Waals surface area contributed by atoms with Crippen molar-refractivity contribution >= 4 is 44.9 Å². The maximum atomic E-state index is 12.6. The topological polar surface area (TPSA) is 95.2 Å². The van der Waals surface area contributed by atoms with E-state index in [0.717, 1.165) is 15.1 Å². The lowest BCUT2D eigenvalue weighted by Crippen LogP contribution is -2.36. The van der Waals surface area contributed by atoms with Crippen molar-refractivity contribution < 1.29 is 14.3 Å². The van der Waals surface area contributed by atoms with Crippen LogP contribution in [0.15, 0.2) is 42.6 Å². The summed E-state index contributed by atoms with van der Waals surface area (Å²) in [6.07, 6.45) is 4.57. The number of esters is 1. The van der Waals surface area contributed by atoms with Crippen molar-refractivity contribution in [3.8, 4) is 10.6 Å². The van der Waals surface area contributed by atoms with Crippen LogP contribution in [0.25, 0.3) is 20.7 Å². The number of thiophene rings is 1. The molecule has 0 fully saturated rings. The van der Waals surface area contributed by atoms with Gasteiger partial charge in [0.25, 0.3) is 5.91 Å². The minimum atomic E-state index is -1.39. The van der Waals surface area contributed by atoms with Gasteiger partial charge in [0, 0.05) is 16.3 Å². The zero-order valence-corrected chi connectivity index (χ0v) is 15.1. The standard InChI is InChI=1S/C18H12ClN3O3S/c1-9-8-21-17(19)22-14(9)13-7-11-10(3-2-4-12(11)26-13)15(23)25-18(5-6-18)16(20)24/h2-8H,1H3,(H2,20,24). The van der Waals surface area contributed by atoms with Crippen molar-refractivity contribution in [2.75, 3.05) is 0 Å². The fourth-order valence-electron chi connectivity index (χ4n) is 2.59. The summed E-state index contributed by atoms with van der Waals surface area (Å²) in [6, 6.07) is 7.17. The van der Waals surface area contributed by atoms with Crippen molar-refractivity contribution in [2.45, 2.75) is 12.5 Å². The highest BCUT2D eigenvalue weighted by Crippen LogP contribution is 2.37. The largest absolute Gasteiger partial charge is 0.437 e. The smallest absolute Gasteiger partial charge is 0.340 e. The summed E-state index contributed by atoms with van der Waals surface area (Å²) in [5, 5.41) is 0.873. The van der Waals surface area contributed by atoms with Crippen LogP contribution in [0.5, 0.6) is 0 Å². The average molecular weight is 386 g/mol. The molecular weight excluding hydrogens is 374 g/mol. The molecule has 1 aromatic carbocycles. The van der Waals surface area contributed by atoms with E-state index in [4.69, 9.17) is 22.1 Å². The molecule has 1 aliphatic carbocycles. The van der Waals surface area contributed by atoms with Crippen molar-refractivity contribution in [1.82, 2.24) is 9.97 Å². The third kappa shape index (κ3) is 2.75. The molecule has 1 amide bonds. The second-order valence-electron chi connectivity index (χ2n) is 5.88. The minimum Gasteiger partial charge on any atom is -0.437 e. The number of rotatable bonds is 4. The highest BCUT2D eigenvalue weighted by molar-refractivity contribution is 7.22. The van der Waals surface area contributed by atoms with Crippen LogP contribution in [0.4, 0.5) is 0 Å². The Kier molecular flexibility index (Phi) is 3.78. The van der Waals surface area contributed by atoms with Gasteiger partial charge in [-0.25, -0.2) is 14.8 Å². The molecule has 0 radical (unpaired) electrons. The molecule has 0 saturated carbocycles. The summed E-state index contributed by atoms with van der Waals surface area (Å²) in [6.45, 7) is 1.89. The first-order chi connectivity index (χ1) is 12.4. The van der Waals surface area contributed by atoms with E-state index in [0.29, 0.717) is 16.6 Å². The Morgan fingerprint density at radius 2 is 2.08 bits per heavy atom. The highest BCUT2D eigenvalue weighted by Gasteiger charge is 2.45. The summed E-state index contributed by atoms with van der Waals surface area (Å²) in [5.74, 6) is -1.32. The van der Waals surface area contributed by atoms with Crippen molar-refractivity contribution in [2.24, 2.45) is 5.73 Å². The summed E-state index contributed by atoms with van der Waals surface area (Å²) < 4.78 is 6.18. The quantitative estimate of drug-likeness (QED) is 0.422. The number of nitrogens with zero attached hydrogens (tertiary/aromatic N) is 2. The fourth-order valence-corrected chi connectivity index (χ4v) is 3.87. The Morgan fingerprint density at radius 3 is 2.77 bits per heavy atom. The minimum absolute atomic E-state index is 0.158. The Hall–Kier alpha value is -2.77. The summed E-state index contributed by atoms with van der Waals surface area (Å²) in [7, 11) is 0. The van der Waals surface area contributed by atoms with Gasteiger partial charge in [-0.05, 0) is 54.4 Å². The Balaban J connectivity index is 1.76. The number of halogens is 1. The van der Waals surface area contributed by atoms with E-state index in [1.165, 1.54) is 23.5 Å². The zero-order chi connectivity index (χ0) is 18.5. The predicted molar refractivity (Wildman–Crippen MR) is 99.1 cm³/mol. The third-order valence-electron chi connectivity index (χ3n) is 4.07. The number of benzene rings is 1. The molecule has 6 nitrogen and oxygen atoms in total. The average Bonchev–Trinajstić information content (AvgIpc) is 3.26. The lowest BCUT2D eigenvalue weighted by atomic mass is 10.1. The van der Waals surface area contributed by atoms with Gasteiger partial charge < -0.3 is 10.5 Å². The van der Waals surface area contributed by atoms with Gasteiger partial charge in [0.05, 0.1) is 16.1 Å². The first kappa shape index (κ1) is 16.7. The normalized spacial score (nSPS) is 14.4. The first-order valence-corrected chi connectivity index (χ1v) is 8.85. The molecule has 2 aromatic heterocycles. The van der Waals surface area contributed by atoms with Crippen LogP contribution >= 0.6 is 22.9 Å². The van der Waals surface area contributed by atoms with Crippen LogP contribution in [0, 0.1) is 6.92 Å². The fraction of sp³-hybridized carbons (Fsp3) is 0.111. The van der Waals surface area contributed by atoms with E-state index in [2.05, 4.69) is 9.97 Å². The molecule has 0 spiro atoms. The molecule has 130 valence electrons. The third-order valence-corrected chi connectivity index (χ3v) is 5.36. The van der Waals surface area contributed by atoms with Crippen LogP contribution in [0.1, 0.15) is 15.9 Å². The molecule has 0 unspecified atom stereocenters. The highest BCUT2D eigenvalue weighted by atomic mass is 35.5. The van der Waals surface area contributed by atoms with Gasteiger partial charge in [-0.1, -0.05) is 6.07 Å². The maximum absolute atomic E-state index is 12.6. The van der Waals surface area contributed by atoms with E-state index in [9.17, 15) is 9.59 Å². The summed E-state index contributed by atoms with van der Waals surface area (Å²) in [5.41, 5.74) is 5.83. The van der Waals surface area contributed by atoms with Crippen LogP contribution in [-0.2, 0) is 9.53 Å². The number of hydrogen-bond acceptors (Lipinski definition) is 6. The van der Waals surface area contributed by atoms with E-state index < -0.39 is 17.5 Å². The molecule has 8 heteroatoms. The maximum Gasteiger partial charge on any atom is 0.340 e. The predicted octanol–water partition coefficient (Wildman–Crippen LogP) is 3.27. The monoisotopic (exact) mass is 385 g/mol. The number of fused-ring (bicyclic) bond motifs is 1. The number of amides is 1. The molecule has 26 heavy (non-hydrogen) atoms. The van der Waals surface area contributed by atoms with E-state index in [-0.39, 0.29) is 5.28 Å². The zero-order valence-electron chi connectivity index (χ0n) is 13.5. The number of carbonyl (C=O) groups is 2. The van der Waals surface area contributed by atoms with Crippen molar-refractivity contribution in [3.63, 3.8) is 0 Å². The van der Waals surface area contributed by atoms with Gasteiger partial charge in [0.2, 0.25) is 10.9 Å². The summed E-state index contributed by atoms with van der Waals surface area (Å²) in [4.78, 5) is 33.1. The summed E-state index contributed by atoms with van der Waals surface area (Å²) >= 11 is 7.39. The SMILES string of the molecule is Cc1cnc(Cl)nc1-c1cc2c(C(=O)OC3(C(N)=O)C=C3)cccc2s1. The number of primary amides is 1. The van der Waals surface area contributed by atoms with E-state index >= 15 is 0 Å². The van der Waals surface area contributed by atoms with E-state index in [1.54, 1.807) is 18.3 Å². The Labute approximate surface area is 157 Å². The van der Waals surface area contributed by atoms with Gasteiger partial charge in [0.1, 0.15) is 0 Å². The van der Waals surface area contributed by atoms with Crippen LogP contribution in [-0.4, -0.2) is 27.4 Å². The van der Waals surface area contributed by atoms with Gasteiger partial charge in [0.15, 0.2) is 0 Å². The van der Waals surface area contributed by atoms with Gasteiger partial charge in [-0.3, -0.25) is 4.79 Å². The molecule has 0 aliphatic heterocycles. The number of aryl methyl sites for hydroxylation is 1. The van der Waals surface area contributed by atoms with Crippen molar-refractivity contribution in [1.29, 1.82) is 0 Å². The van der Waals surface area contributed by atoms with Gasteiger partial charge in [-0.2, -0.15) is 0 Å². The molecule has 4 rings (SSSR count). The number of carbonyl (C=O) groups excluding carboxylic acids is 2. The first-order valence-electron chi connectivity index (χ1n) is 7.65. The Morgan fingerprint density at radius 1 is 1.31 bits per heavy atom. The van der Waals surface area contributed by atoms with E-state index in [1.807, 2.05) is 19.1 Å². The number of ether oxygens (including phenoxy) is 1. The lowest BCUT2D eigenvalue weighted by Gasteiger charge is -2.13. The molecule has 0 atom stereocenters. The molecule has 2 heterocycles. The second kappa shape index (κ2) is 5.89. The van der Waals surface area contributed by atoms with Gasteiger partial charge in [-0.15, -0.1) is 11.3 Å². The molecule has 3 aromatic rings. The molecule has 2 N–H and O–H groups in total. The lowest BCUT2D eigenvalue weighted by molar-refractivity contribution is -0.127. The van der Waals surface area contributed by atoms with Crippen LogP contribution in [0.3, 0.4) is 0 Å². The second-order valence-corrected chi connectivity index (χ2v) is 7.30. The number of nitrogens with two attached hydrogens (primary N) is 1. The molecule has 0 bridgehead atoms.